The van der Waals surface area contributed by atoms with Crippen molar-refractivity contribution < 1.29 is 28.6 Å². The predicted molar refractivity (Wildman–Crippen MR) is 270 cm³/mol. The Morgan fingerprint density at radius 1 is 0.302 bits per heavy atom. The molecule has 0 heterocycles. The SMILES string of the molecule is CCCCCCCCCC(=O)OC[C@H](COC(=O)CCCCCCCCCCCCCCCCCCC(C)C)OC(=O)CCCCCCCCCCCCCCCCCCC(C)C. The number of carbonyl (C=O) groups is 3. The summed E-state index contributed by atoms with van der Waals surface area (Å²) in [5.74, 6) is 0.857. The molecule has 0 aliphatic carbocycles. The first-order chi connectivity index (χ1) is 30.7. The molecule has 0 radical (unpaired) electrons. The summed E-state index contributed by atoms with van der Waals surface area (Å²) >= 11 is 0. The lowest BCUT2D eigenvalue weighted by Crippen LogP contribution is -2.30. The summed E-state index contributed by atoms with van der Waals surface area (Å²) in [6.45, 7) is 11.4. The largest absolute Gasteiger partial charge is 0.462 e. The predicted octanol–water partition coefficient (Wildman–Crippen LogP) is 18.5. The van der Waals surface area contributed by atoms with E-state index >= 15 is 0 Å². The van der Waals surface area contributed by atoms with E-state index < -0.39 is 6.10 Å². The molecule has 0 bridgehead atoms. The Bertz CT molecular complexity index is 962. The third kappa shape index (κ3) is 51.3. The van der Waals surface area contributed by atoms with Crippen LogP contribution in [-0.4, -0.2) is 37.2 Å². The third-order valence-electron chi connectivity index (χ3n) is 13.0. The average molecular weight is 892 g/mol. The Labute approximate surface area is 393 Å². The van der Waals surface area contributed by atoms with Crippen LogP contribution in [0.1, 0.15) is 317 Å². The lowest BCUT2D eigenvalue weighted by Gasteiger charge is -2.18. The van der Waals surface area contributed by atoms with Gasteiger partial charge in [-0.25, -0.2) is 0 Å². The summed E-state index contributed by atoms with van der Waals surface area (Å²) < 4.78 is 16.8. The Morgan fingerprint density at radius 2 is 0.524 bits per heavy atom. The van der Waals surface area contributed by atoms with Gasteiger partial charge in [-0.2, -0.15) is 0 Å². The van der Waals surface area contributed by atoms with Gasteiger partial charge in [0.15, 0.2) is 6.10 Å². The van der Waals surface area contributed by atoms with Crippen LogP contribution >= 0.6 is 0 Å². The molecule has 0 spiro atoms. The molecule has 0 saturated carbocycles. The van der Waals surface area contributed by atoms with Crippen molar-refractivity contribution in [3.05, 3.63) is 0 Å². The number of hydrogen-bond acceptors (Lipinski definition) is 6. The maximum Gasteiger partial charge on any atom is 0.306 e. The van der Waals surface area contributed by atoms with E-state index in [-0.39, 0.29) is 31.1 Å². The van der Waals surface area contributed by atoms with Gasteiger partial charge in [0.1, 0.15) is 13.2 Å². The molecule has 6 nitrogen and oxygen atoms in total. The van der Waals surface area contributed by atoms with Crippen molar-refractivity contribution in [1.82, 2.24) is 0 Å². The van der Waals surface area contributed by atoms with E-state index in [9.17, 15) is 14.4 Å². The van der Waals surface area contributed by atoms with Crippen LogP contribution in [0.3, 0.4) is 0 Å². The topological polar surface area (TPSA) is 78.9 Å². The molecule has 0 saturated heterocycles. The van der Waals surface area contributed by atoms with E-state index in [4.69, 9.17) is 14.2 Å². The maximum atomic E-state index is 12.8. The summed E-state index contributed by atoms with van der Waals surface area (Å²) in [5.41, 5.74) is 0. The van der Waals surface area contributed by atoms with Gasteiger partial charge in [-0.15, -0.1) is 0 Å². The monoisotopic (exact) mass is 891 g/mol. The molecular formula is C57H110O6. The van der Waals surface area contributed by atoms with Gasteiger partial charge in [-0.05, 0) is 31.1 Å². The molecule has 0 N–H and O–H groups in total. The molecule has 374 valence electrons. The molecular weight excluding hydrogens is 781 g/mol. The van der Waals surface area contributed by atoms with E-state index in [1.54, 1.807) is 0 Å². The third-order valence-corrected chi connectivity index (χ3v) is 13.0. The second-order valence-corrected chi connectivity index (χ2v) is 20.5. The van der Waals surface area contributed by atoms with Crippen LogP contribution < -0.4 is 0 Å². The van der Waals surface area contributed by atoms with Crippen LogP contribution in [0.2, 0.25) is 0 Å². The normalized spacial score (nSPS) is 12.0. The summed E-state index contributed by atoms with van der Waals surface area (Å²) in [6.07, 6.45) is 52.5. The number of unbranched alkanes of at least 4 members (excludes halogenated alkanes) is 36. The molecule has 0 aromatic rings. The highest BCUT2D eigenvalue weighted by Crippen LogP contribution is 2.18. The van der Waals surface area contributed by atoms with Crippen molar-refractivity contribution in [3.8, 4) is 0 Å². The van der Waals surface area contributed by atoms with Gasteiger partial charge >= 0.3 is 17.9 Å². The van der Waals surface area contributed by atoms with E-state index in [0.717, 1.165) is 69.6 Å². The molecule has 0 amide bonds. The first kappa shape index (κ1) is 61.4. The van der Waals surface area contributed by atoms with Crippen LogP contribution in [0.4, 0.5) is 0 Å². The zero-order valence-electron chi connectivity index (χ0n) is 43.2. The second kappa shape index (κ2) is 49.8. The van der Waals surface area contributed by atoms with Crippen molar-refractivity contribution in [1.29, 1.82) is 0 Å². The van der Waals surface area contributed by atoms with Crippen molar-refractivity contribution in [2.45, 2.75) is 323 Å². The Balaban J connectivity index is 4.14. The zero-order valence-corrected chi connectivity index (χ0v) is 43.2. The Hall–Kier alpha value is -1.59. The number of carbonyl (C=O) groups excluding carboxylic acids is 3. The quantitative estimate of drug-likeness (QED) is 0.0344. The molecule has 0 aliphatic rings. The first-order valence-electron chi connectivity index (χ1n) is 28.2. The van der Waals surface area contributed by atoms with Crippen molar-refractivity contribution in [2.24, 2.45) is 11.8 Å². The van der Waals surface area contributed by atoms with Crippen molar-refractivity contribution >= 4 is 17.9 Å². The second-order valence-electron chi connectivity index (χ2n) is 20.5. The number of hydrogen-bond donors (Lipinski definition) is 0. The summed E-state index contributed by atoms with van der Waals surface area (Å²) in [6, 6.07) is 0. The minimum atomic E-state index is -0.761. The molecule has 0 rings (SSSR count). The molecule has 0 aromatic carbocycles. The Kier molecular flexibility index (Phi) is 48.6. The van der Waals surface area contributed by atoms with Crippen LogP contribution in [0.5, 0.6) is 0 Å². The highest BCUT2D eigenvalue weighted by molar-refractivity contribution is 5.71. The zero-order chi connectivity index (χ0) is 46.1. The maximum absolute atomic E-state index is 12.8. The molecule has 0 unspecified atom stereocenters. The van der Waals surface area contributed by atoms with Gasteiger partial charge in [-0.1, -0.05) is 279 Å². The molecule has 6 heteroatoms. The highest BCUT2D eigenvalue weighted by Gasteiger charge is 2.19. The van der Waals surface area contributed by atoms with Gasteiger partial charge < -0.3 is 14.2 Å². The summed E-state index contributed by atoms with van der Waals surface area (Å²) in [7, 11) is 0. The van der Waals surface area contributed by atoms with E-state index in [1.165, 1.54) is 205 Å². The smallest absolute Gasteiger partial charge is 0.306 e. The van der Waals surface area contributed by atoms with E-state index in [2.05, 4.69) is 34.6 Å². The summed E-state index contributed by atoms with van der Waals surface area (Å²) in [5, 5.41) is 0. The van der Waals surface area contributed by atoms with Crippen LogP contribution in [-0.2, 0) is 28.6 Å². The van der Waals surface area contributed by atoms with Gasteiger partial charge in [-0.3, -0.25) is 14.4 Å². The lowest BCUT2D eigenvalue weighted by molar-refractivity contribution is -0.167. The molecule has 1 atom stereocenters. The van der Waals surface area contributed by atoms with Crippen molar-refractivity contribution in [2.75, 3.05) is 13.2 Å². The average Bonchev–Trinajstić information content (AvgIpc) is 3.25. The number of esters is 3. The van der Waals surface area contributed by atoms with Gasteiger partial charge in [0.05, 0.1) is 0 Å². The minimum Gasteiger partial charge on any atom is -0.462 e. The van der Waals surface area contributed by atoms with Gasteiger partial charge in [0, 0.05) is 19.3 Å². The summed E-state index contributed by atoms with van der Waals surface area (Å²) in [4.78, 5) is 37.9. The van der Waals surface area contributed by atoms with Crippen molar-refractivity contribution in [3.63, 3.8) is 0 Å². The van der Waals surface area contributed by atoms with E-state index in [0.29, 0.717) is 19.3 Å². The fourth-order valence-electron chi connectivity index (χ4n) is 8.70. The minimum absolute atomic E-state index is 0.0632. The molecule has 63 heavy (non-hydrogen) atoms. The van der Waals surface area contributed by atoms with Crippen LogP contribution in [0.15, 0.2) is 0 Å². The molecule has 0 aromatic heterocycles. The van der Waals surface area contributed by atoms with Crippen LogP contribution in [0.25, 0.3) is 0 Å². The fourth-order valence-corrected chi connectivity index (χ4v) is 8.70. The Morgan fingerprint density at radius 3 is 0.778 bits per heavy atom. The fraction of sp³-hybridized carbons (Fsp3) is 0.947. The number of rotatable bonds is 51. The van der Waals surface area contributed by atoms with Crippen LogP contribution in [0, 0.1) is 11.8 Å². The van der Waals surface area contributed by atoms with Gasteiger partial charge in [0.25, 0.3) is 0 Å². The standard InChI is InChI=1S/C57H110O6/c1-6-7-8-9-30-37-42-47-55(58)61-50-54(63-57(60)49-44-39-34-29-25-21-17-13-11-15-19-23-27-32-36-41-46-53(4)5)51-62-56(59)48-43-38-33-28-24-20-16-12-10-14-18-22-26-31-35-40-45-52(2)3/h52-54H,6-51H2,1-5H3/t54-/m1/s1. The first-order valence-corrected chi connectivity index (χ1v) is 28.2. The van der Waals surface area contributed by atoms with E-state index in [1.807, 2.05) is 0 Å². The number of ether oxygens (including phenoxy) is 3. The lowest BCUT2D eigenvalue weighted by atomic mass is 10.0. The molecule has 0 fully saturated rings. The molecule has 0 aliphatic heterocycles. The highest BCUT2D eigenvalue weighted by atomic mass is 16.6. The van der Waals surface area contributed by atoms with Gasteiger partial charge in [0.2, 0.25) is 0 Å².